The number of aryl methyl sites for hydroxylation is 1. The second-order valence-corrected chi connectivity index (χ2v) is 11.4. The number of hydrogen-bond acceptors (Lipinski definition) is 6. The van der Waals surface area contributed by atoms with Gasteiger partial charge in [0.15, 0.2) is 0 Å². The molecule has 0 aromatic heterocycles. The smallest absolute Gasteiger partial charge is 0.312 e. The number of hydrogen-bond donors (Lipinski definition) is 1. The van der Waals surface area contributed by atoms with Gasteiger partial charge in [0.25, 0.3) is 5.91 Å². The van der Waals surface area contributed by atoms with E-state index in [0.717, 1.165) is 24.8 Å². The van der Waals surface area contributed by atoms with Gasteiger partial charge >= 0.3 is 5.97 Å². The molecule has 3 aliphatic rings. The van der Waals surface area contributed by atoms with Gasteiger partial charge in [-0.3, -0.25) is 14.4 Å². The number of unbranched alkanes of at least 4 members (excludes halogenated alkanes) is 4. The van der Waals surface area contributed by atoms with E-state index in [9.17, 15) is 14.4 Å². The summed E-state index contributed by atoms with van der Waals surface area (Å²) >= 11 is 6.60. The number of aliphatic hydroxyl groups excluding tert-OH is 1. The van der Waals surface area contributed by atoms with Crippen molar-refractivity contribution in [3.63, 3.8) is 0 Å². The zero-order chi connectivity index (χ0) is 28.9. The van der Waals surface area contributed by atoms with E-state index in [1.807, 2.05) is 19.1 Å². The summed E-state index contributed by atoms with van der Waals surface area (Å²) in [6, 6.07) is 4.56. The van der Waals surface area contributed by atoms with Crippen LogP contribution >= 0.6 is 11.6 Å². The molecule has 1 spiro atoms. The number of allylic oxidation sites excluding steroid dienone is 1. The molecule has 0 aliphatic carbocycles. The molecule has 8 nitrogen and oxygen atoms in total. The lowest BCUT2D eigenvalue weighted by Crippen LogP contribution is -2.56. The van der Waals surface area contributed by atoms with Crippen molar-refractivity contribution in [1.82, 2.24) is 4.90 Å². The Morgan fingerprint density at radius 3 is 2.70 bits per heavy atom. The van der Waals surface area contributed by atoms with Crippen LogP contribution in [0.2, 0.25) is 5.02 Å². The molecule has 3 aliphatic heterocycles. The SMILES string of the molecule is C=CCCCOC(=O)[C@@H]1[C@@H]2CCC3(O2)C(C(=O)N(CC=C)c2c(C)cccc2Cl)N(CCCCCCO)C(=O)[C@H]13. The van der Waals surface area contributed by atoms with Gasteiger partial charge in [0.1, 0.15) is 11.6 Å². The molecule has 9 heteroatoms. The highest BCUT2D eigenvalue weighted by Crippen LogP contribution is 2.59. The predicted molar refractivity (Wildman–Crippen MR) is 154 cm³/mol. The van der Waals surface area contributed by atoms with Crippen LogP contribution in [-0.4, -0.2) is 71.8 Å². The van der Waals surface area contributed by atoms with Gasteiger partial charge < -0.3 is 24.4 Å². The molecule has 3 fully saturated rings. The quantitative estimate of drug-likeness (QED) is 0.187. The Morgan fingerprint density at radius 1 is 1.23 bits per heavy atom. The monoisotopic (exact) mass is 572 g/mol. The number of ether oxygens (including phenoxy) is 2. The van der Waals surface area contributed by atoms with E-state index in [4.69, 9.17) is 26.2 Å². The summed E-state index contributed by atoms with van der Waals surface area (Å²) in [5.41, 5.74) is 0.299. The van der Waals surface area contributed by atoms with Gasteiger partial charge in [0, 0.05) is 19.7 Å². The average molecular weight is 573 g/mol. The van der Waals surface area contributed by atoms with Crippen molar-refractivity contribution in [1.29, 1.82) is 0 Å². The first-order valence-electron chi connectivity index (χ1n) is 14.4. The molecule has 3 saturated heterocycles. The van der Waals surface area contributed by atoms with Crippen molar-refractivity contribution in [2.24, 2.45) is 11.8 Å². The summed E-state index contributed by atoms with van der Waals surface area (Å²) in [6.45, 7) is 10.4. The maximum absolute atomic E-state index is 14.6. The Hall–Kier alpha value is -2.68. The second kappa shape index (κ2) is 13.3. The van der Waals surface area contributed by atoms with Gasteiger partial charge in [0.05, 0.1) is 35.3 Å². The summed E-state index contributed by atoms with van der Waals surface area (Å²) < 4.78 is 12.1. The van der Waals surface area contributed by atoms with Gasteiger partial charge in [-0.05, 0) is 57.1 Å². The molecule has 3 heterocycles. The highest BCUT2D eigenvalue weighted by Gasteiger charge is 2.75. The first-order valence-corrected chi connectivity index (χ1v) is 14.7. The van der Waals surface area contributed by atoms with Crippen LogP contribution < -0.4 is 4.90 Å². The van der Waals surface area contributed by atoms with Crippen molar-refractivity contribution >= 4 is 35.1 Å². The van der Waals surface area contributed by atoms with Crippen molar-refractivity contribution in [2.75, 3.05) is 31.2 Å². The van der Waals surface area contributed by atoms with Crippen molar-refractivity contribution in [3.05, 3.63) is 54.1 Å². The Kier molecular flexibility index (Phi) is 10.1. The van der Waals surface area contributed by atoms with E-state index >= 15 is 0 Å². The van der Waals surface area contributed by atoms with Crippen LogP contribution in [0.3, 0.4) is 0 Å². The molecule has 1 N–H and O–H groups in total. The number of fused-ring (bicyclic) bond motifs is 1. The van der Waals surface area contributed by atoms with E-state index < -0.39 is 35.6 Å². The van der Waals surface area contributed by atoms with E-state index in [2.05, 4.69) is 13.2 Å². The number of anilines is 1. The topological polar surface area (TPSA) is 96.4 Å². The first kappa shape index (κ1) is 30.3. The highest BCUT2D eigenvalue weighted by molar-refractivity contribution is 6.34. The number of halogens is 1. The number of carbonyl (C=O) groups is 3. The zero-order valence-corrected chi connectivity index (χ0v) is 24.1. The zero-order valence-electron chi connectivity index (χ0n) is 23.4. The fourth-order valence-corrected chi connectivity index (χ4v) is 7.04. The number of amides is 2. The molecule has 218 valence electrons. The number of para-hydroxylation sites is 1. The minimum absolute atomic E-state index is 0.120. The number of benzene rings is 1. The third-order valence-electron chi connectivity index (χ3n) is 8.45. The predicted octanol–water partition coefficient (Wildman–Crippen LogP) is 4.60. The van der Waals surface area contributed by atoms with Crippen LogP contribution in [-0.2, 0) is 23.9 Å². The van der Waals surface area contributed by atoms with Crippen LogP contribution in [0.15, 0.2) is 43.5 Å². The summed E-state index contributed by atoms with van der Waals surface area (Å²) in [4.78, 5) is 45.2. The molecule has 1 aromatic rings. The van der Waals surface area contributed by atoms with E-state index in [0.29, 0.717) is 49.4 Å². The van der Waals surface area contributed by atoms with Crippen LogP contribution in [0.5, 0.6) is 0 Å². The number of rotatable bonds is 15. The number of nitrogens with zero attached hydrogens (tertiary/aromatic N) is 2. The van der Waals surface area contributed by atoms with Gasteiger partial charge in [-0.2, -0.15) is 0 Å². The third kappa shape index (κ3) is 5.58. The Morgan fingerprint density at radius 2 is 2.00 bits per heavy atom. The average Bonchev–Trinajstić information content (AvgIpc) is 3.57. The van der Waals surface area contributed by atoms with Crippen LogP contribution in [0, 0.1) is 18.8 Å². The summed E-state index contributed by atoms with van der Waals surface area (Å²) in [5, 5.41) is 9.58. The number of likely N-dealkylation sites (tertiary alicyclic amines) is 1. The minimum atomic E-state index is -1.11. The maximum atomic E-state index is 14.6. The highest BCUT2D eigenvalue weighted by atomic mass is 35.5. The lowest BCUT2D eigenvalue weighted by atomic mass is 9.70. The van der Waals surface area contributed by atoms with Crippen molar-refractivity contribution in [3.8, 4) is 0 Å². The number of esters is 1. The van der Waals surface area contributed by atoms with E-state index in [-0.39, 0.29) is 31.6 Å². The molecule has 0 saturated carbocycles. The molecule has 1 aromatic carbocycles. The Bertz CT molecular complexity index is 1100. The normalized spacial score (nSPS) is 26.6. The van der Waals surface area contributed by atoms with Crippen molar-refractivity contribution in [2.45, 2.75) is 76.0 Å². The lowest BCUT2D eigenvalue weighted by Gasteiger charge is -2.37. The molecule has 2 bridgehead atoms. The molecule has 40 heavy (non-hydrogen) atoms. The maximum Gasteiger partial charge on any atom is 0.312 e. The minimum Gasteiger partial charge on any atom is -0.465 e. The Balaban J connectivity index is 1.68. The lowest BCUT2D eigenvalue weighted by molar-refractivity contribution is -0.155. The number of carbonyl (C=O) groups excluding carboxylic acids is 3. The largest absolute Gasteiger partial charge is 0.465 e. The van der Waals surface area contributed by atoms with Gasteiger partial charge in [-0.15, -0.1) is 13.2 Å². The fourth-order valence-electron chi connectivity index (χ4n) is 6.72. The van der Waals surface area contributed by atoms with E-state index in [1.54, 1.807) is 28.0 Å². The van der Waals surface area contributed by atoms with Crippen LogP contribution in [0.1, 0.15) is 56.9 Å². The molecule has 2 unspecified atom stereocenters. The molecule has 2 amide bonds. The van der Waals surface area contributed by atoms with E-state index in [1.165, 1.54) is 0 Å². The van der Waals surface area contributed by atoms with Crippen molar-refractivity contribution < 1.29 is 29.0 Å². The van der Waals surface area contributed by atoms with Crippen LogP contribution in [0.4, 0.5) is 5.69 Å². The summed E-state index contributed by atoms with van der Waals surface area (Å²) in [7, 11) is 0. The molecule has 0 radical (unpaired) electrons. The van der Waals surface area contributed by atoms with Gasteiger partial charge in [0.2, 0.25) is 5.91 Å². The standard InChI is InChI=1S/C31H41ClN2O6/c1-4-6-11-20-39-30(38)24-23-15-16-31(40-23)25(24)28(36)34(18-9-7-8-10-19-35)27(31)29(37)33(17-5-2)26-21(3)13-12-14-22(26)32/h4-5,12-14,23-25,27,35H,1-2,6-11,15-20H2,3H3/t23-,24+,25-,27?,31?/m0/s1. The second-order valence-electron chi connectivity index (χ2n) is 11.0. The third-order valence-corrected chi connectivity index (χ3v) is 8.75. The van der Waals surface area contributed by atoms with Gasteiger partial charge in [-0.1, -0.05) is 48.7 Å². The number of aliphatic hydroxyl groups is 1. The first-order chi connectivity index (χ1) is 19.3. The fraction of sp³-hybridized carbons (Fsp3) is 0.581. The molecular weight excluding hydrogens is 532 g/mol. The Labute approximate surface area is 241 Å². The van der Waals surface area contributed by atoms with Crippen LogP contribution in [0.25, 0.3) is 0 Å². The summed E-state index contributed by atoms with van der Waals surface area (Å²) in [5.74, 6) is -2.47. The van der Waals surface area contributed by atoms with Gasteiger partial charge in [-0.25, -0.2) is 0 Å². The molecule has 4 rings (SSSR count). The molecule has 5 atom stereocenters. The summed E-state index contributed by atoms with van der Waals surface area (Å²) in [6.07, 6.45) is 8.42. The molecular formula is C31H41ClN2O6.